The Balaban J connectivity index is 1.65. The largest absolute Gasteiger partial charge is 0.497 e. The van der Waals surface area contributed by atoms with E-state index in [9.17, 15) is 4.79 Å². The molecule has 0 bridgehead atoms. The first kappa shape index (κ1) is 18.3. The molecule has 4 rings (SSSR count). The third-order valence-corrected chi connectivity index (χ3v) is 5.45. The fourth-order valence-corrected chi connectivity index (χ4v) is 3.66. The lowest BCUT2D eigenvalue weighted by Crippen LogP contribution is -2.38. The number of hydrogen-bond donors (Lipinski definition) is 1. The molecule has 3 aromatic rings. The molecule has 0 atom stereocenters. The molecule has 1 aliphatic rings. The van der Waals surface area contributed by atoms with Crippen LogP contribution in [0.4, 0.5) is 11.5 Å². The summed E-state index contributed by atoms with van der Waals surface area (Å²) in [5.74, 6) is 2.31. The van der Waals surface area contributed by atoms with Crippen molar-refractivity contribution in [2.24, 2.45) is 5.92 Å². The van der Waals surface area contributed by atoms with Crippen molar-refractivity contribution in [3.8, 4) is 5.75 Å². The molecule has 1 aliphatic heterocycles. The molecular weight excluding hydrogens is 350 g/mol. The van der Waals surface area contributed by atoms with Crippen molar-refractivity contribution in [1.29, 1.82) is 0 Å². The molecule has 1 N–H and O–H groups in total. The smallest absolute Gasteiger partial charge is 0.256 e. The number of hydrogen-bond acceptors (Lipinski definition) is 4. The summed E-state index contributed by atoms with van der Waals surface area (Å²) < 4.78 is 5.21. The second-order valence-corrected chi connectivity index (χ2v) is 7.39. The Morgan fingerprint density at radius 2 is 1.75 bits per heavy atom. The normalized spacial score (nSPS) is 14.9. The van der Waals surface area contributed by atoms with Crippen LogP contribution in [-0.2, 0) is 0 Å². The van der Waals surface area contributed by atoms with Gasteiger partial charge in [-0.3, -0.25) is 4.79 Å². The number of nitrogens with one attached hydrogen (secondary N) is 1. The number of anilines is 2. The number of likely N-dealkylation sites (tertiary alicyclic amines) is 1. The highest BCUT2D eigenvalue weighted by Gasteiger charge is 2.23. The van der Waals surface area contributed by atoms with Gasteiger partial charge >= 0.3 is 0 Å². The molecule has 0 aliphatic carbocycles. The predicted molar refractivity (Wildman–Crippen MR) is 112 cm³/mol. The zero-order chi connectivity index (χ0) is 19.5. The molecule has 0 radical (unpaired) electrons. The lowest BCUT2D eigenvalue weighted by molar-refractivity contribution is 0.0699. The molecule has 0 unspecified atom stereocenters. The topological polar surface area (TPSA) is 54.5 Å². The summed E-state index contributed by atoms with van der Waals surface area (Å²) in [5, 5.41) is 5.23. The fraction of sp³-hybridized carbons (Fsp3) is 0.304. The lowest BCUT2D eigenvalue weighted by atomic mass is 9.98. The number of benzene rings is 2. The van der Waals surface area contributed by atoms with E-state index in [1.807, 2.05) is 53.4 Å². The van der Waals surface area contributed by atoms with E-state index < -0.39 is 0 Å². The second-order valence-electron chi connectivity index (χ2n) is 7.39. The minimum atomic E-state index is 0.0756. The Morgan fingerprint density at radius 1 is 1.07 bits per heavy atom. The lowest BCUT2D eigenvalue weighted by Gasteiger charge is -2.30. The molecule has 1 saturated heterocycles. The van der Waals surface area contributed by atoms with Crippen LogP contribution in [0.25, 0.3) is 10.8 Å². The first-order chi connectivity index (χ1) is 13.7. The summed E-state index contributed by atoms with van der Waals surface area (Å²) in [6, 6.07) is 15.6. The first-order valence-corrected chi connectivity index (χ1v) is 9.74. The predicted octanol–water partition coefficient (Wildman–Crippen LogP) is 4.86. The quantitative estimate of drug-likeness (QED) is 0.708. The molecule has 1 amide bonds. The number of piperidine rings is 1. The number of fused-ring (bicyclic) bond motifs is 1. The van der Waals surface area contributed by atoms with Gasteiger partial charge in [0.15, 0.2) is 0 Å². The number of carbonyl (C=O) groups is 1. The van der Waals surface area contributed by atoms with Crippen LogP contribution in [0.2, 0.25) is 0 Å². The SMILES string of the molecule is COc1ccc(Nc2ncc(C(=O)N3CCC(C)CC3)c3ccccc23)cc1. The van der Waals surface area contributed by atoms with Crippen LogP contribution in [0.5, 0.6) is 5.75 Å². The number of ether oxygens (including phenoxy) is 1. The van der Waals surface area contributed by atoms with E-state index in [1.165, 1.54) is 0 Å². The van der Waals surface area contributed by atoms with Crippen molar-refractivity contribution in [1.82, 2.24) is 9.88 Å². The summed E-state index contributed by atoms with van der Waals surface area (Å²) in [6.07, 6.45) is 3.83. The van der Waals surface area contributed by atoms with Gasteiger partial charge in [-0.25, -0.2) is 4.98 Å². The number of amides is 1. The first-order valence-electron chi connectivity index (χ1n) is 9.74. The number of methoxy groups -OCH3 is 1. The molecule has 0 saturated carbocycles. The summed E-state index contributed by atoms with van der Waals surface area (Å²) in [6.45, 7) is 3.89. The second kappa shape index (κ2) is 7.89. The molecule has 28 heavy (non-hydrogen) atoms. The van der Waals surface area contributed by atoms with Gasteiger partial charge in [0, 0.05) is 30.4 Å². The molecule has 5 heteroatoms. The van der Waals surface area contributed by atoms with E-state index in [0.29, 0.717) is 11.5 Å². The van der Waals surface area contributed by atoms with Gasteiger partial charge in [-0.15, -0.1) is 0 Å². The van der Waals surface area contributed by atoms with Crippen LogP contribution in [0, 0.1) is 5.92 Å². The van der Waals surface area contributed by atoms with Crippen molar-refractivity contribution in [3.63, 3.8) is 0 Å². The Labute approximate surface area is 165 Å². The molecule has 1 aromatic heterocycles. The van der Waals surface area contributed by atoms with Crippen LogP contribution >= 0.6 is 0 Å². The van der Waals surface area contributed by atoms with Crippen LogP contribution in [0.15, 0.2) is 54.7 Å². The zero-order valence-electron chi connectivity index (χ0n) is 16.3. The van der Waals surface area contributed by atoms with Crippen molar-refractivity contribution in [3.05, 3.63) is 60.3 Å². The van der Waals surface area contributed by atoms with Gasteiger partial charge in [0.2, 0.25) is 0 Å². The van der Waals surface area contributed by atoms with Crippen LogP contribution in [0.1, 0.15) is 30.1 Å². The van der Waals surface area contributed by atoms with E-state index in [1.54, 1.807) is 13.3 Å². The van der Waals surface area contributed by atoms with Crippen molar-refractivity contribution in [2.75, 3.05) is 25.5 Å². The number of nitrogens with zero attached hydrogens (tertiary/aromatic N) is 2. The summed E-state index contributed by atoms with van der Waals surface area (Å²) in [7, 11) is 1.65. The van der Waals surface area contributed by atoms with Crippen molar-refractivity contribution >= 4 is 28.2 Å². The molecule has 2 aromatic carbocycles. The molecule has 1 fully saturated rings. The number of aromatic nitrogens is 1. The van der Waals surface area contributed by atoms with Gasteiger partial charge in [0.05, 0.1) is 12.7 Å². The third kappa shape index (κ3) is 3.65. The van der Waals surface area contributed by atoms with Gasteiger partial charge in [0.25, 0.3) is 5.91 Å². The van der Waals surface area contributed by atoms with Gasteiger partial charge in [-0.1, -0.05) is 31.2 Å². The fourth-order valence-electron chi connectivity index (χ4n) is 3.66. The van der Waals surface area contributed by atoms with Gasteiger partial charge in [-0.2, -0.15) is 0 Å². The highest BCUT2D eigenvalue weighted by atomic mass is 16.5. The molecule has 5 nitrogen and oxygen atoms in total. The summed E-state index contributed by atoms with van der Waals surface area (Å²) >= 11 is 0. The van der Waals surface area contributed by atoms with Crippen molar-refractivity contribution in [2.45, 2.75) is 19.8 Å². The maximum atomic E-state index is 13.1. The van der Waals surface area contributed by atoms with Crippen LogP contribution in [-0.4, -0.2) is 36.0 Å². The minimum Gasteiger partial charge on any atom is -0.497 e. The highest BCUT2D eigenvalue weighted by molar-refractivity contribution is 6.09. The summed E-state index contributed by atoms with van der Waals surface area (Å²) in [4.78, 5) is 19.7. The van der Waals surface area contributed by atoms with Crippen LogP contribution in [0.3, 0.4) is 0 Å². The monoisotopic (exact) mass is 375 g/mol. The Hall–Kier alpha value is -3.08. The highest BCUT2D eigenvalue weighted by Crippen LogP contribution is 2.29. The maximum Gasteiger partial charge on any atom is 0.256 e. The van der Waals surface area contributed by atoms with E-state index in [2.05, 4.69) is 17.2 Å². The van der Waals surface area contributed by atoms with E-state index in [0.717, 1.165) is 54.0 Å². The van der Waals surface area contributed by atoms with Gasteiger partial charge < -0.3 is 15.0 Å². The number of carbonyl (C=O) groups excluding carboxylic acids is 1. The zero-order valence-corrected chi connectivity index (χ0v) is 16.3. The minimum absolute atomic E-state index is 0.0756. The van der Waals surface area contributed by atoms with Crippen molar-refractivity contribution < 1.29 is 9.53 Å². The maximum absolute atomic E-state index is 13.1. The van der Waals surface area contributed by atoms with E-state index >= 15 is 0 Å². The third-order valence-electron chi connectivity index (χ3n) is 5.45. The average Bonchev–Trinajstić information content (AvgIpc) is 2.74. The number of rotatable bonds is 4. The molecular formula is C23H25N3O2. The molecule has 144 valence electrons. The van der Waals surface area contributed by atoms with E-state index in [4.69, 9.17) is 4.74 Å². The van der Waals surface area contributed by atoms with Crippen LogP contribution < -0.4 is 10.1 Å². The average molecular weight is 375 g/mol. The Bertz CT molecular complexity index is 977. The van der Waals surface area contributed by atoms with E-state index in [-0.39, 0.29) is 5.91 Å². The van der Waals surface area contributed by atoms with Gasteiger partial charge in [-0.05, 0) is 48.4 Å². The Kier molecular flexibility index (Phi) is 5.15. The summed E-state index contributed by atoms with van der Waals surface area (Å²) in [5.41, 5.74) is 1.59. The Morgan fingerprint density at radius 3 is 2.43 bits per heavy atom. The standard InChI is InChI=1S/C23H25N3O2/c1-16-11-13-26(14-12-16)23(27)21-15-24-22(20-6-4-3-5-19(20)21)25-17-7-9-18(28-2)10-8-17/h3-10,15-16H,11-14H2,1-2H3,(H,24,25). The van der Waals surface area contributed by atoms with Gasteiger partial charge in [0.1, 0.15) is 11.6 Å². The molecule has 2 heterocycles. The number of pyridine rings is 1. The molecule has 0 spiro atoms.